The minimum absolute atomic E-state index is 0.565. The lowest BCUT2D eigenvalue weighted by Gasteiger charge is -2.21. The summed E-state index contributed by atoms with van der Waals surface area (Å²) in [5.74, 6) is 2.13. The first-order valence-corrected chi connectivity index (χ1v) is 8.41. The molecule has 25 heavy (non-hydrogen) atoms. The minimum Gasteiger partial charge on any atom is -0.472 e. The molecule has 1 saturated heterocycles. The van der Waals surface area contributed by atoms with Crippen LogP contribution in [0.1, 0.15) is 18.0 Å². The third kappa shape index (κ3) is 3.69. The number of furan rings is 1. The Morgan fingerprint density at radius 3 is 2.84 bits per heavy atom. The number of hydrogen-bond donors (Lipinski definition) is 0. The Morgan fingerprint density at radius 2 is 2.04 bits per heavy atom. The first-order chi connectivity index (χ1) is 12.3. The van der Waals surface area contributed by atoms with Crippen molar-refractivity contribution in [3.05, 3.63) is 42.3 Å². The van der Waals surface area contributed by atoms with Crippen molar-refractivity contribution in [2.75, 3.05) is 31.1 Å². The second kappa shape index (κ2) is 7.02. The molecule has 3 aromatic rings. The molecule has 1 aliphatic rings. The molecule has 0 bridgehead atoms. The van der Waals surface area contributed by atoms with E-state index in [-0.39, 0.29) is 0 Å². The Balaban J connectivity index is 1.37. The number of aryl methyl sites for hydroxylation is 1. The van der Waals surface area contributed by atoms with E-state index < -0.39 is 0 Å². The molecule has 1 aliphatic heterocycles. The molecule has 0 radical (unpaired) electrons. The van der Waals surface area contributed by atoms with E-state index in [9.17, 15) is 0 Å². The lowest BCUT2D eigenvalue weighted by atomic mass is 10.3. The summed E-state index contributed by atoms with van der Waals surface area (Å²) >= 11 is 0. The molecule has 0 atom stereocenters. The zero-order valence-electron chi connectivity index (χ0n) is 14.1. The molecule has 0 saturated carbocycles. The summed E-state index contributed by atoms with van der Waals surface area (Å²) in [7, 11) is 0. The van der Waals surface area contributed by atoms with Crippen LogP contribution >= 0.6 is 0 Å². The maximum Gasteiger partial charge on any atom is 0.241 e. The van der Waals surface area contributed by atoms with Crippen molar-refractivity contribution in [1.29, 1.82) is 0 Å². The van der Waals surface area contributed by atoms with E-state index in [0.29, 0.717) is 18.3 Å². The van der Waals surface area contributed by atoms with Crippen LogP contribution in [0.5, 0.6) is 0 Å². The maximum absolute atomic E-state index is 5.38. The number of anilines is 1. The van der Waals surface area contributed by atoms with E-state index in [1.165, 1.54) is 0 Å². The molecule has 0 aliphatic carbocycles. The van der Waals surface area contributed by atoms with Gasteiger partial charge in [-0.25, -0.2) is 0 Å². The molecule has 0 spiro atoms. The van der Waals surface area contributed by atoms with Gasteiger partial charge in [-0.3, -0.25) is 4.90 Å². The fraction of sp³-hybridized carbons (Fsp3) is 0.412. The van der Waals surface area contributed by atoms with Gasteiger partial charge in [0, 0.05) is 26.2 Å². The molecule has 0 amide bonds. The molecule has 0 N–H and O–H groups in total. The van der Waals surface area contributed by atoms with Gasteiger partial charge in [0.05, 0.1) is 24.1 Å². The largest absolute Gasteiger partial charge is 0.472 e. The molecular formula is C17H20N6O2. The van der Waals surface area contributed by atoms with Crippen molar-refractivity contribution in [2.24, 2.45) is 0 Å². The Hall–Kier alpha value is -2.74. The van der Waals surface area contributed by atoms with Crippen LogP contribution in [0.25, 0.3) is 11.4 Å². The molecule has 0 unspecified atom stereocenters. The highest BCUT2D eigenvalue weighted by molar-refractivity contribution is 5.51. The first-order valence-electron chi connectivity index (χ1n) is 8.41. The van der Waals surface area contributed by atoms with Crippen molar-refractivity contribution in [3.63, 3.8) is 0 Å². The van der Waals surface area contributed by atoms with Gasteiger partial charge in [0.1, 0.15) is 6.26 Å². The summed E-state index contributed by atoms with van der Waals surface area (Å²) in [4.78, 5) is 9.05. The van der Waals surface area contributed by atoms with Crippen LogP contribution in [0.3, 0.4) is 0 Å². The highest BCUT2D eigenvalue weighted by Crippen LogP contribution is 2.18. The SMILES string of the molecule is Cc1ccc(N2CCCN(Cc3nc(-c4ccoc4)no3)CC2)nn1. The molecule has 1 fully saturated rings. The predicted molar refractivity (Wildman–Crippen MR) is 90.9 cm³/mol. The van der Waals surface area contributed by atoms with E-state index in [4.69, 9.17) is 8.94 Å². The van der Waals surface area contributed by atoms with Crippen molar-refractivity contribution < 1.29 is 8.94 Å². The Kier molecular flexibility index (Phi) is 4.43. The molecule has 4 rings (SSSR count). The second-order valence-electron chi connectivity index (χ2n) is 6.17. The molecule has 8 heteroatoms. The summed E-state index contributed by atoms with van der Waals surface area (Å²) in [6.07, 6.45) is 4.27. The third-order valence-electron chi connectivity index (χ3n) is 4.30. The predicted octanol–water partition coefficient (Wildman–Crippen LogP) is 2.14. The van der Waals surface area contributed by atoms with Gasteiger partial charge in [-0.1, -0.05) is 5.16 Å². The third-order valence-corrected chi connectivity index (χ3v) is 4.30. The van der Waals surface area contributed by atoms with Crippen LogP contribution in [-0.4, -0.2) is 51.4 Å². The minimum atomic E-state index is 0.565. The Labute approximate surface area is 145 Å². The summed E-state index contributed by atoms with van der Waals surface area (Å²) in [6, 6.07) is 5.86. The van der Waals surface area contributed by atoms with Crippen LogP contribution in [0.4, 0.5) is 5.82 Å². The number of aromatic nitrogens is 4. The van der Waals surface area contributed by atoms with Crippen LogP contribution < -0.4 is 4.90 Å². The van der Waals surface area contributed by atoms with Crippen LogP contribution in [0, 0.1) is 6.92 Å². The number of nitrogens with zero attached hydrogens (tertiary/aromatic N) is 6. The molecule has 130 valence electrons. The van der Waals surface area contributed by atoms with Crippen LogP contribution in [-0.2, 0) is 6.54 Å². The number of hydrogen-bond acceptors (Lipinski definition) is 8. The molecule has 8 nitrogen and oxygen atoms in total. The Morgan fingerprint density at radius 1 is 1.08 bits per heavy atom. The Bertz CT molecular complexity index is 799. The number of rotatable bonds is 4. The van der Waals surface area contributed by atoms with Gasteiger partial charge in [-0.2, -0.15) is 10.1 Å². The van der Waals surface area contributed by atoms with Crippen molar-refractivity contribution in [2.45, 2.75) is 19.9 Å². The molecule has 4 heterocycles. The van der Waals surface area contributed by atoms with Crippen molar-refractivity contribution >= 4 is 5.82 Å². The van der Waals surface area contributed by atoms with Gasteiger partial charge in [-0.05, 0) is 31.5 Å². The van der Waals surface area contributed by atoms with Gasteiger partial charge >= 0.3 is 0 Å². The fourth-order valence-corrected chi connectivity index (χ4v) is 2.94. The lowest BCUT2D eigenvalue weighted by Crippen LogP contribution is -2.31. The van der Waals surface area contributed by atoms with Gasteiger partial charge < -0.3 is 13.8 Å². The quantitative estimate of drug-likeness (QED) is 0.714. The lowest BCUT2D eigenvalue weighted by molar-refractivity contribution is 0.239. The fourth-order valence-electron chi connectivity index (χ4n) is 2.94. The summed E-state index contributed by atoms with van der Waals surface area (Å²) in [5.41, 5.74) is 1.76. The van der Waals surface area contributed by atoms with Gasteiger partial charge in [0.2, 0.25) is 11.7 Å². The summed E-state index contributed by atoms with van der Waals surface area (Å²) < 4.78 is 10.4. The van der Waals surface area contributed by atoms with Gasteiger partial charge in [0.15, 0.2) is 5.82 Å². The van der Waals surface area contributed by atoms with E-state index in [1.807, 2.05) is 25.1 Å². The van der Waals surface area contributed by atoms with Gasteiger partial charge in [0.25, 0.3) is 0 Å². The zero-order chi connectivity index (χ0) is 17.1. The zero-order valence-corrected chi connectivity index (χ0v) is 14.1. The van der Waals surface area contributed by atoms with E-state index >= 15 is 0 Å². The van der Waals surface area contributed by atoms with Crippen molar-refractivity contribution in [3.8, 4) is 11.4 Å². The summed E-state index contributed by atoms with van der Waals surface area (Å²) in [5, 5.41) is 12.5. The van der Waals surface area contributed by atoms with E-state index in [1.54, 1.807) is 12.5 Å². The molecular weight excluding hydrogens is 320 g/mol. The second-order valence-corrected chi connectivity index (χ2v) is 6.17. The standard InChI is InChI=1S/C17H20N6O2/c1-13-3-4-15(20-19-13)23-7-2-6-22(8-9-23)11-16-18-17(21-25-16)14-5-10-24-12-14/h3-5,10,12H,2,6-9,11H2,1H3. The smallest absolute Gasteiger partial charge is 0.241 e. The van der Waals surface area contributed by atoms with Crippen molar-refractivity contribution in [1.82, 2.24) is 25.2 Å². The van der Waals surface area contributed by atoms with Gasteiger partial charge in [-0.15, -0.1) is 5.10 Å². The average molecular weight is 340 g/mol. The normalized spacial score (nSPS) is 16.1. The first kappa shape index (κ1) is 15.8. The topological polar surface area (TPSA) is 84.3 Å². The average Bonchev–Trinajstić information content (AvgIpc) is 3.25. The molecule has 0 aromatic carbocycles. The van der Waals surface area contributed by atoms with E-state index in [2.05, 4.69) is 30.1 Å². The van der Waals surface area contributed by atoms with Crippen LogP contribution in [0.2, 0.25) is 0 Å². The highest BCUT2D eigenvalue weighted by atomic mass is 16.5. The highest BCUT2D eigenvalue weighted by Gasteiger charge is 2.19. The maximum atomic E-state index is 5.38. The monoisotopic (exact) mass is 340 g/mol. The van der Waals surface area contributed by atoms with E-state index in [0.717, 1.165) is 49.7 Å². The summed E-state index contributed by atoms with van der Waals surface area (Å²) in [6.45, 7) is 6.37. The molecule has 3 aromatic heterocycles. The van der Waals surface area contributed by atoms with Crippen LogP contribution in [0.15, 0.2) is 39.7 Å².